The molecule has 0 aliphatic rings. The number of rotatable bonds is 4. The van der Waals surface area contributed by atoms with Crippen LogP contribution < -0.4 is 4.57 Å². The van der Waals surface area contributed by atoms with Crippen molar-refractivity contribution in [2.45, 2.75) is 6.54 Å². The summed E-state index contributed by atoms with van der Waals surface area (Å²) in [5.41, 5.74) is 0. The van der Waals surface area contributed by atoms with Gasteiger partial charge in [0, 0.05) is 11.4 Å². The van der Waals surface area contributed by atoms with Crippen LogP contribution in [-0.2, 0) is 23.4 Å². The van der Waals surface area contributed by atoms with E-state index in [0.717, 1.165) is 6.21 Å². The molecule has 1 rings (SSSR count). The lowest BCUT2D eigenvalue weighted by atomic mass is 10.6. The van der Waals surface area contributed by atoms with Gasteiger partial charge in [-0.2, -0.15) is 0 Å². The quantitative estimate of drug-likeness (QED) is 0.298. The van der Waals surface area contributed by atoms with Gasteiger partial charge < -0.3 is 5.21 Å². The van der Waals surface area contributed by atoms with Gasteiger partial charge in [0.15, 0.2) is 9.84 Å². The van der Waals surface area contributed by atoms with Crippen LogP contribution in [-0.4, -0.2) is 41.6 Å². The van der Waals surface area contributed by atoms with Crippen LogP contribution in [0.25, 0.3) is 0 Å². The molecule has 0 spiro atoms. The van der Waals surface area contributed by atoms with E-state index in [1.165, 1.54) is 10.9 Å². The number of oxime groups is 1. The largest absolute Gasteiger partial charge is 0.411 e. The summed E-state index contributed by atoms with van der Waals surface area (Å²) in [7, 11) is -1.31. The summed E-state index contributed by atoms with van der Waals surface area (Å²) in [6.45, 7) is 0.286. The van der Waals surface area contributed by atoms with E-state index in [0.29, 0.717) is 5.82 Å². The highest BCUT2D eigenvalue weighted by atomic mass is 32.2. The number of aryl methyl sites for hydroxylation is 2. The number of hydrogen-bond donors (Lipinski definition) is 1. The first kappa shape index (κ1) is 11.6. The molecule has 1 aromatic heterocycles. The molecular weight excluding hydrogens is 220 g/mol. The van der Waals surface area contributed by atoms with Crippen molar-refractivity contribution in [1.82, 2.24) is 9.78 Å². The Morgan fingerprint density at radius 1 is 1.73 bits per heavy atom. The minimum absolute atomic E-state index is 0.0234. The van der Waals surface area contributed by atoms with Gasteiger partial charge in [-0.25, -0.2) is 13.0 Å². The second-order valence-corrected chi connectivity index (χ2v) is 5.47. The van der Waals surface area contributed by atoms with Gasteiger partial charge in [0.2, 0.25) is 6.33 Å². The second kappa shape index (κ2) is 4.39. The molecule has 8 heteroatoms. The average Bonchev–Trinajstić information content (AvgIpc) is 2.42. The van der Waals surface area contributed by atoms with E-state index < -0.39 is 9.84 Å². The third kappa shape index (κ3) is 3.66. The van der Waals surface area contributed by atoms with Crippen molar-refractivity contribution in [3.63, 3.8) is 0 Å². The average molecular weight is 233 g/mol. The highest BCUT2D eigenvalue weighted by Crippen LogP contribution is 1.86. The number of hydrogen-bond acceptors (Lipinski definition) is 5. The first-order chi connectivity index (χ1) is 6.92. The van der Waals surface area contributed by atoms with Gasteiger partial charge >= 0.3 is 5.82 Å². The third-order valence-electron chi connectivity index (χ3n) is 1.74. The molecular formula is C7H13N4O3S+. The molecule has 0 bridgehead atoms. The lowest BCUT2D eigenvalue weighted by Gasteiger charge is -1.95. The van der Waals surface area contributed by atoms with Crippen LogP contribution in [0.4, 0.5) is 0 Å². The van der Waals surface area contributed by atoms with E-state index in [1.54, 1.807) is 17.9 Å². The van der Waals surface area contributed by atoms with Gasteiger partial charge in [0.05, 0.1) is 19.3 Å². The van der Waals surface area contributed by atoms with E-state index in [1.807, 2.05) is 0 Å². The maximum Gasteiger partial charge on any atom is 0.323 e. The van der Waals surface area contributed by atoms with E-state index in [9.17, 15) is 8.42 Å². The second-order valence-electron chi connectivity index (χ2n) is 3.22. The minimum Gasteiger partial charge on any atom is -0.411 e. The lowest BCUT2D eigenvalue weighted by Crippen LogP contribution is -2.39. The van der Waals surface area contributed by atoms with Gasteiger partial charge in [-0.1, -0.05) is 5.16 Å². The molecule has 0 radical (unpaired) electrons. The molecule has 1 heterocycles. The number of sulfone groups is 1. The molecule has 0 atom stereocenters. The molecule has 0 aliphatic heterocycles. The van der Waals surface area contributed by atoms with Gasteiger partial charge in [-0.15, -0.1) is 4.68 Å². The van der Waals surface area contributed by atoms with E-state index in [-0.39, 0.29) is 12.3 Å². The molecule has 0 unspecified atom stereocenters. The van der Waals surface area contributed by atoms with Crippen LogP contribution in [0.1, 0.15) is 5.82 Å². The maximum absolute atomic E-state index is 11.0. The predicted molar refractivity (Wildman–Crippen MR) is 52.5 cm³/mol. The Morgan fingerprint density at radius 3 is 2.93 bits per heavy atom. The zero-order chi connectivity index (χ0) is 11.5. The van der Waals surface area contributed by atoms with E-state index in [4.69, 9.17) is 5.21 Å². The van der Waals surface area contributed by atoms with Gasteiger partial charge in [0.1, 0.15) is 6.21 Å². The Hall–Kier alpha value is -1.44. The molecule has 1 aromatic rings. The zero-order valence-electron chi connectivity index (χ0n) is 8.53. The molecule has 0 aliphatic carbocycles. The molecule has 84 valence electrons. The van der Waals surface area contributed by atoms with Crippen molar-refractivity contribution in [2.75, 3.05) is 12.0 Å². The van der Waals surface area contributed by atoms with E-state index >= 15 is 0 Å². The molecule has 0 fully saturated rings. The summed E-state index contributed by atoms with van der Waals surface area (Å²) >= 11 is 0. The Morgan fingerprint density at radius 2 is 2.40 bits per heavy atom. The number of nitrogens with zero attached hydrogens (tertiary/aromatic N) is 4. The minimum atomic E-state index is -3.01. The molecule has 0 aromatic carbocycles. The molecule has 0 saturated heterocycles. The zero-order valence-corrected chi connectivity index (χ0v) is 9.35. The molecule has 0 saturated carbocycles. The van der Waals surface area contributed by atoms with Crippen LogP contribution in [0.5, 0.6) is 0 Å². The van der Waals surface area contributed by atoms with Gasteiger partial charge in [0.25, 0.3) is 0 Å². The van der Waals surface area contributed by atoms with Crippen LogP contribution in [0.3, 0.4) is 0 Å². The van der Waals surface area contributed by atoms with Crippen LogP contribution >= 0.6 is 0 Å². The fraction of sp³-hybridized carbons (Fsp3) is 0.571. The summed E-state index contributed by atoms with van der Waals surface area (Å²) in [5, 5.41) is 15.2. The number of aromatic nitrogens is 3. The monoisotopic (exact) mass is 233 g/mol. The fourth-order valence-electron chi connectivity index (χ4n) is 1.09. The Labute approximate surface area is 87.6 Å². The summed E-state index contributed by atoms with van der Waals surface area (Å²) in [5.74, 6) is 0.430. The van der Waals surface area contributed by atoms with Gasteiger partial charge in [-0.3, -0.25) is 0 Å². The van der Waals surface area contributed by atoms with Crippen molar-refractivity contribution in [1.29, 1.82) is 0 Å². The van der Waals surface area contributed by atoms with Crippen molar-refractivity contribution < 1.29 is 18.2 Å². The summed E-state index contributed by atoms with van der Waals surface area (Å²) < 4.78 is 25.0. The summed E-state index contributed by atoms with van der Waals surface area (Å²) in [4.78, 5) is 0. The third-order valence-corrected chi connectivity index (χ3v) is 2.66. The Bertz CT molecular complexity index is 463. The standard InChI is InChI=1S/C7H12N4O3S/c1-10-6-11(3-4-15(2,13)14)7(9-10)5-8-12/h5-6H,3-4H2,1-2H3/p+1/b8-5-. The van der Waals surface area contributed by atoms with Crippen molar-refractivity contribution in [3.8, 4) is 0 Å². The normalized spacial score (nSPS) is 12.4. The maximum atomic E-state index is 11.0. The SMILES string of the molecule is Cn1c[n+](CCS(C)(=O)=O)c(/C=N\O)n1. The Balaban J connectivity index is 2.84. The molecule has 15 heavy (non-hydrogen) atoms. The summed E-state index contributed by atoms with van der Waals surface area (Å²) in [6.07, 6.45) is 3.95. The first-order valence-corrected chi connectivity index (χ1v) is 6.26. The van der Waals surface area contributed by atoms with Gasteiger partial charge in [-0.05, 0) is 0 Å². The predicted octanol–water partition coefficient (Wildman–Crippen LogP) is -1.44. The molecule has 7 nitrogen and oxygen atoms in total. The Kier molecular flexibility index (Phi) is 3.40. The van der Waals surface area contributed by atoms with Crippen molar-refractivity contribution >= 4 is 16.1 Å². The van der Waals surface area contributed by atoms with Crippen LogP contribution in [0.15, 0.2) is 11.5 Å². The lowest BCUT2D eigenvalue weighted by molar-refractivity contribution is -0.694. The molecule has 0 amide bonds. The first-order valence-electron chi connectivity index (χ1n) is 4.20. The fourth-order valence-corrected chi connectivity index (χ4v) is 1.62. The van der Waals surface area contributed by atoms with Crippen LogP contribution in [0, 0.1) is 0 Å². The van der Waals surface area contributed by atoms with Crippen molar-refractivity contribution in [3.05, 3.63) is 12.2 Å². The van der Waals surface area contributed by atoms with E-state index in [2.05, 4.69) is 10.3 Å². The van der Waals surface area contributed by atoms with Crippen LogP contribution in [0.2, 0.25) is 0 Å². The van der Waals surface area contributed by atoms with Crippen molar-refractivity contribution in [2.24, 2.45) is 12.2 Å². The topological polar surface area (TPSA) is 88.4 Å². The summed E-state index contributed by atoms with van der Waals surface area (Å²) in [6, 6.07) is 0. The highest BCUT2D eigenvalue weighted by molar-refractivity contribution is 7.90. The molecule has 1 N–H and O–H groups in total. The highest BCUT2D eigenvalue weighted by Gasteiger charge is 2.14. The smallest absolute Gasteiger partial charge is 0.323 e.